The Morgan fingerprint density at radius 2 is 1.52 bits per heavy atom. The number of carbonyl (C=O) groups excluding carboxylic acids is 4. The molecule has 0 atom stereocenters. The second-order valence-electron chi connectivity index (χ2n) is 5.84. The van der Waals surface area contributed by atoms with E-state index in [1.54, 1.807) is 12.1 Å². The molecule has 8 nitrogen and oxygen atoms in total. The molecule has 0 spiro atoms. The zero-order chi connectivity index (χ0) is 19.8. The zero-order valence-corrected chi connectivity index (χ0v) is 14.3. The highest BCUT2D eigenvalue weighted by Crippen LogP contribution is 2.45. The molecular weight excluding hydrogens is 354 g/mol. The zero-order valence-electron chi connectivity index (χ0n) is 14.3. The van der Waals surface area contributed by atoms with E-state index >= 15 is 0 Å². The monoisotopic (exact) mass is 367 g/mol. The van der Waals surface area contributed by atoms with Gasteiger partial charge in [-0.3, -0.25) is 19.2 Å². The molecule has 8 heteroatoms. The summed E-state index contributed by atoms with van der Waals surface area (Å²) in [6, 6.07) is 9.52. The lowest BCUT2D eigenvalue weighted by Gasteiger charge is -2.27. The minimum atomic E-state index is -2.40. The molecule has 1 aliphatic carbocycles. The summed E-state index contributed by atoms with van der Waals surface area (Å²) >= 11 is 0. The first-order valence-corrected chi connectivity index (χ1v) is 7.85. The van der Waals surface area contributed by atoms with Gasteiger partial charge in [0, 0.05) is 25.0 Å². The number of nitroso groups, excluding NO2 is 1. The fourth-order valence-corrected chi connectivity index (χ4v) is 3.06. The first-order valence-electron chi connectivity index (χ1n) is 7.85. The second kappa shape index (κ2) is 6.56. The number of Topliss-reactive ketones (excluding diaryl/α,β-unsaturated/α-hetero) is 2. The fourth-order valence-electron chi connectivity index (χ4n) is 3.06. The molecule has 0 fully saturated rings. The van der Waals surface area contributed by atoms with Gasteiger partial charge in [-0.25, -0.2) is 0 Å². The van der Waals surface area contributed by atoms with Crippen LogP contribution in [0.1, 0.15) is 40.1 Å². The molecule has 0 N–H and O–H groups in total. The molecule has 0 aliphatic heterocycles. The summed E-state index contributed by atoms with van der Waals surface area (Å²) < 4.78 is 10.3. The van der Waals surface area contributed by atoms with Crippen LogP contribution in [0.5, 0.6) is 5.75 Å². The van der Waals surface area contributed by atoms with Gasteiger partial charge in [0.05, 0.1) is 5.56 Å². The maximum atomic E-state index is 13.2. The van der Waals surface area contributed by atoms with Gasteiger partial charge in [0.1, 0.15) is 11.4 Å². The van der Waals surface area contributed by atoms with Crippen LogP contribution in [0.3, 0.4) is 0 Å². The number of ketones is 2. The first-order chi connectivity index (χ1) is 12.8. The number of hydrogen-bond donors (Lipinski definition) is 0. The van der Waals surface area contributed by atoms with Crippen LogP contribution in [0.4, 0.5) is 5.69 Å². The van der Waals surface area contributed by atoms with E-state index in [0.717, 1.165) is 19.9 Å². The minimum absolute atomic E-state index is 0.0574. The Balaban J connectivity index is 2.34. The molecular formula is C19H13NO7. The van der Waals surface area contributed by atoms with Crippen LogP contribution in [-0.2, 0) is 19.9 Å². The Kier molecular flexibility index (Phi) is 4.40. The van der Waals surface area contributed by atoms with Crippen LogP contribution in [-0.4, -0.2) is 23.5 Å². The van der Waals surface area contributed by atoms with Gasteiger partial charge in [-0.2, -0.15) is 0 Å². The molecule has 27 heavy (non-hydrogen) atoms. The van der Waals surface area contributed by atoms with E-state index in [2.05, 4.69) is 5.18 Å². The lowest BCUT2D eigenvalue weighted by molar-refractivity contribution is -0.149. The van der Waals surface area contributed by atoms with Gasteiger partial charge in [-0.15, -0.1) is 4.91 Å². The number of hydrogen-bond acceptors (Lipinski definition) is 8. The third-order valence-electron chi connectivity index (χ3n) is 4.05. The standard InChI is InChI=1S/C19H13NO7/c1-10(21)26-16-8-7-12(20-25)9-15(16)19(27-11(2)22)17(23)13-5-3-4-6-14(13)18(19)24/h3-9H,1-2H3. The van der Waals surface area contributed by atoms with Crippen LogP contribution >= 0.6 is 0 Å². The number of ether oxygens (including phenoxy) is 2. The van der Waals surface area contributed by atoms with E-state index in [0.29, 0.717) is 0 Å². The third kappa shape index (κ3) is 2.80. The van der Waals surface area contributed by atoms with Crippen molar-refractivity contribution in [1.29, 1.82) is 0 Å². The molecule has 0 heterocycles. The summed E-state index contributed by atoms with van der Waals surface area (Å²) in [6.07, 6.45) is 0. The number of carbonyl (C=O) groups is 4. The minimum Gasteiger partial charge on any atom is -0.437 e. The van der Waals surface area contributed by atoms with Crippen LogP contribution in [0.2, 0.25) is 0 Å². The highest BCUT2D eigenvalue weighted by Gasteiger charge is 2.59. The van der Waals surface area contributed by atoms with Gasteiger partial charge in [0.25, 0.3) is 5.60 Å². The van der Waals surface area contributed by atoms with Gasteiger partial charge < -0.3 is 9.47 Å². The third-order valence-corrected chi connectivity index (χ3v) is 4.05. The Bertz CT molecular complexity index is 974. The summed E-state index contributed by atoms with van der Waals surface area (Å²) in [6.45, 7) is 2.17. The average molecular weight is 367 g/mol. The van der Waals surface area contributed by atoms with Crippen molar-refractivity contribution in [3.05, 3.63) is 64.1 Å². The molecule has 0 unspecified atom stereocenters. The molecule has 0 amide bonds. The summed E-state index contributed by atoms with van der Waals surface area (Å²) in [5.41, 5.74) is -2.66. The molecule has 136 valence electrons. The normalized spacial score (nSPS) is 14.4. The summed E-state index contributed by atoms with van der Waals surface area (Å²) in [7, 11) is 0. The van der Waals surface area contributed by atoms with E-state index in [1.165, 1.54) is 24.3 Å². The van der Waals surface area contributed by atoms with E-state index in [1.807, 2.05) is 0 Å². The molecule has 2 aromatic rings. The quantitative estimate of drug-likeness (QED) is 0.353. The molecule has 0 saturated heterocycles. The van der Waals surface area contributed by atoms with Crippen molar-refractivity contribution < 1.29 is 28.7 Å². The van der Waals surface area contributed by atoms with Crippen molar-refractivity contribution in [3.8, 4) is 5.75 Å². The van der Waals surface area contributed by atoms with E-state index < -0.39 is 29.1 Å². The Labute approximate surface area is 153 Å². The Hall–Kier alpha value is -3.68. The largest absolute Gasteiger partial charge is 0.437 e. The van der Waals surface area contributed by atoms with Crippen molar-refractivity contribution in [2.24, 2.45) is 5.18 Å². The lowest BCUT2D eigenvalue weighted by atomic mass is 9.87. The van der Waals surface area contributed by atoms with E-state index in [9.17, 15) is 24.1 Å². The number of rotatable bonds is 4. The smallest absolute Gasteiger partial charge is 0.308 e. The summed E-state index contributed by atoms with van der Waals surface area (Å²) in [5.74, 6) is -3.41. The van der Waals surface area contributed by atoms with Crippen LogP contribution in [0.15, 0.2) is 47.6 Å². The first kappa shape index (κ1) is 18.1. The van der Waals surface area contributed by atoms with Crippen LogP contribution in [0.25, 0.3) is 0 Å². The number of nitrogens with zero attached hydrogens (tertiary/aromatic N) is 1. The summed E-state index contributed by atoms with van der Waals surface area (Å²) in [4.78, 5) is 60.5. The maximum absolute atomic E-state index is 13.2. The molecule has 0 bridgehead atoms. The molecule has 0 aromatic heterocycles. The van der Waals surface area contributed by atoms with Crippen molar-refractivity contribution in [2.75, 3.05) is 0 Å². The van der Waals surface area contributed by atoms with Gasteiger partial charge in [0.2, 0.25) is 11.6 Å². The number of benzene rings is 2. The Morgan fingerprint density at radius 1 is 0.926 bits per heavy atom. The van der Waals surface area contributed by atoms with Gasteiger partial charge in [0.15, 0.2) is 0 Å². The second-order valence-corrected chi connectivity index (χ2v) is 5.84. The highest BCUT2D eigenvalue weighted by atomic mass is 16.6. The predicted molar refractivity (Wildman–Crippen MR) is 91.8 cm³/mol. The summed E-state index contributed by atoms with van der Waals surface area (Å²) in [5, 5.41) is 2.78. The highest BCUT2D eigenvalue weighted by molar-refractivity contribution is 6.32. The van der Waals surface area contributed by atoms with Gasteiger partial charge >= 0.3 is 11.9 Å². The maximum Gasteiger partial charge on any atom is 0.308 e. The number of esters is 2. The lowest BCUT2D eigenvalue weighted by Crippen LogP contribution is -2.43. The van der Waals surface area contributed by atoms with Crippen molar-refractivity contribution in [3.63, 3.8) is 0 Å². The van der Waals surface area contributed by atoms with Crippen LogP contribution in [0, 0.1) is 4.91 Å². The number of fused-ring (bicyclic) bond motifs is 1. The predicted octanol–water partition coefficient (Wildman–Crippen LogP) is 2.85. The Morgan fingerprint density at radius 3 is 2.00 bits per heavy atom. The van der Waals surface area contributed by atoms with Crippen molar-refractivity contribution in [1.82, 2.24) is 0 Å². The molecule has 0 saturated carbocycles. The van der Waals surface area contributed by atoms with Gasteiger partial charge in [-0.1, -0.05) is 24.3 Å². The SMILES string of the molecule is CC(=O)Oc1ccc(N=O)cc1C1(OC(C)=O)C(=O)c2ccccc2C1=O. The molecule has 0 radical (unpaired) electrons. The van der Waals surface area contributed by atoms with E-state index in [4.69, 9.17) is 9.47 Å². The van der Waals surface area contributed by atoms with Gasteiger partial charge in [-0.05, 0) is 23.4 Å². The molecule has 1 aliphatic rings. The average Bonchev–Trinajstić information content (AvgIpc) is 2.84. The van der Waals surface area contributed by atoms with Crippen LogP contribution < -0.4 is 4.74 Å². The fraction of sp³-hybridized carbons (Fsp3) is 0.158. The molecule has 3 rings (SSSR count). The van der Waals surface area contributed by atoms with Crippen molar-refractivity contribution >= 4 is 29.2 Å². The molecule has 2 aromatic carbocycles. The van der Waals surface area contributed by atoms with E-state index in [-0.39, 0.29) is 28.1 Å². The van der Waals surface area contributed by atoms with Crippen molar-refractivity contribution in [2.45, 2.75) is 19.4 Å². The topological polar surface area (TPSA) is 116 Å².